The Balaban J connectivity index is 0.00000162. The van der Waals surface area contributed by atoms with Crippen molar-refractivity contribution in [3.63, 3.8) is 0 Å². The van der Waals surface area contributed by atoms with Crippen LogP contribution in [0.15, 0.2) is 0 Å². The Morgan fingerprint density at radius 2 is 1.94 bits per heavy atom. The molecule has 2 fully saturated rings. The quantitative estimate of drug-likeness (QED) is 0.839. The number of ether oxygens (including phenoxy) is 1. The van der Waals surface area contributed by atoms with Gasteiger partial charge in [-0.2, -0.15) is 0 Å². The lowest BCUT2D eigenvalue weighted by Gasteiger charge is -2.45. The number of likely N-dealkylation sites (tertiary alicyclic amines) is 1. The predicted octanol–water partition coefficient (Wildman–Crippen LogP) is 2.50. The molecular formula is C14H29ClN2O. The van der Waals surface area contributed by atoms with E-state index in [-0.39, 0.29) is 23.5 Å². The summed E-state index contributed by atoms with van der Waals surface area (Å²) in [5.74, 6) is 0.626. The molecule has 0 aromatic heterocycles. The van der Waals surface area contributed by atoms with Crippen LogP contribution in [-0.2, 0) is 4.74 Å². The first-order valence-electron chi connectivity index (χ1n) is 6.95. The highest BCUT2D eigenvalue weighted by atomic mass is 35.5. The van der Waals surface area contributed by atoms with Crippen molar-refractivity contribution < 1.29 is 4.74 Å². The van der Waals surface area contributed by atoms with Crippen LogP contribution >= 0.6 is 12.4 Å². The van der Waals surface area contributed by atoms with Gasteiger partial charge in [-0.3, -0.25) is 5.32 Å². The van der Waals surface area contributed by atoms with Crippen molar-refractivity contribution in [2.75, 3.05) is 26.2 Å². The summed E-state index contributed by atoms with van der Waals surface area (Å²) >= 11 is 0. The van der Waals surface area contributed by atoms with Gasteiger partial charge < -0.3 is 9.64 Å². The van der Waals surface area contributed by atoms with Gasteiger partial charge in [0.1, 0.15) is 5.72 Å². The SMILES string of the molecule is CC(C)N1CCC(C2(C)NCC(C)(C)CO2)C1.Cl. The van der Waals surface area contributed by atoms with Crippen LogP contribution in [0.5, 0.6) is 0 Å². The first kappa shape index (κ1) is 16.2. The Bertz CT molecular complexity index is 271. The minimum Gasteiger partial charge on any atom is -0.360 e. The van der Waals surface area contributed by atoms with Crippen LogP contribution in [0.1, 0.15) is 41.0 Å². The number of halogens is 1. The molecule has 18 heavy (non-hydrogen) atoms. The summed E-state index contributed by atoms with van der Waals surface area (Å²) in [6, 6.07) is 0.656. The molecule has 0 aromatic carbocycles. The zero-order valence-electron chi connectivity index (χ0n) is 12.5. The molecule has 0 aliphatic carbocycles. The van der Waals surface area contributed by atoms with E-state index in [9.17, 15) is 0 Å². The van der Waals surface area contributed by atoms with E-state index in [1.807, 2.05) is 0 Å². The fourth-order valence-corrected chi connectivity index (χ4v) is 2.83. The Hall–Kier alpha value is 0.170. The molecule has 2 aliphatic rings. The van der Waals surface area contributed by atoms with Gasteiger partial charge in [0.2, 0.25) is 0 Å². The second-order valence-electron chi connectivity index (χ2n) is 6.99. The van der Waals surface area contributed by atoms with Crippen molar-refractivity contribution in [1.29, 1.82) is 0 Å². The van der Waals surface area contributed by atoms with E-state index in [4.69, 9.17) is 4.74 Å². The van der Waals surface area contributed by atoms with Gasteiger partial charge >= 0.3 is 0 Å². The van der Waals surface area contributed by atoms with Gasteiger partial charge in [0.25, 0.3) is 0 Å². The van der Waals surface area contributed by atoms with Crippen molar-refractivity contribution in [2.24, 2.45) is 11.3 Å². The van der Waals surface area contributed by atoms with E-state index < -0.39 is 0 Å². The molecule has 2 unspecified atom stereocenters. The summed E-state index contributed by atoms with van der Waals surface area (Å²) in [6.45, 7) is 15.6. The van der Waals surface area contributed by atoms with Crippen molar-refractivity contribution in [1.82, 2.24) is 10.2 Å². The van der Waals surface area contributed by atoms with Crippen LogP contribution in [0.25, 0.3) is 0 Å². The van der Waals surface area contributed by atoms with Crippen molar-refractivity contribution in [3.8, 4) is 0 Å². The first-order chi connectivity index (χ1) is 7.82. The molecule has 4 heteroatoms. The Labute approximate surface area is 118 Å². The standard InChI is InChI=1S/C14H28N2O.ClH/c1-11(2)16-7-6-12(8-16)14(5)15-9-13(3,4)10-17-14;/h11-12,15H,6-10H2,1-5H3;1H. The highest BCUT2D eigenvalue weighted by Crippen LogP contribution is 2.34. The zero-order chi connectivity index (χ0) is 12.7. The normalized spacial score (nSPS) is 36.7. The topological polar surface area (TPSA) is 24.5 Å². The summed E-state index contributed by atoms with van der Waals surface area (Å²) < 4.78 is 6.15. The summed E-state index contributed by atoms with van der Waals surface area (Å²) in [5.41, 5.74) is 0.162. The third-order valence-corrected chi connectivity index (χ3v) is 4.41. The van der Waals surface area contributed by atoms with Crippen LogP contribution in [-0.4, -0.2) is 42.9 Å². The molecule has 3 nitrogen and oxygen atoms in total. The maximum atomic E-state index is 6.15. The molecule has 0 amide bonds. The van der Waals surface area contributed by atoms with Gasteiger partial charge in [-0.15, -0.1) is 12.4 Å². The molecule has 2 rings (SSSR count). The maximum absolute atomic E-state index is 6.15. The highest BCUT2D eigenvalue weighted by molar-refractivity contribution is 5.85. The average molecular weight is 277 g/mol. The molecule has 0 saturated carbocycles. The fraction of sp³-hybridized carbons (Fsp3) is 1.00. The Kier molecular flexibility index (Phi) is 5.10. The zero-order valence-corrected chi connectivity index (χ0v) is 13.3. The summed E-state index contributed by atoms with van der Waals surface area (Å²) in [6.07, 6.45) is 1.25. The minimum atomic E-state index is -0.112. The van der Waals surface area contributed by atoms with Crippen LogP contribution in [0.3, 0.4) is 0 Å². The number of nitrogens with one attached hydrogen (secondary N) is 1. The van der Waals surface area contributed by atoms with E-state index in [0.29, 0.717) is 12.0 Å². The van der Waals surface area contributed by atoms with Crippen molar-refractivity contribution in [3.05, 3.63) is 0 Å². The third kappa shape index (κ3) is 3.38. The van der Waals surface area contributed by atoms with Crippen molar-refractivity contribution >= 4 is 12.4 Å². The van der Waals surface area contributed by atoms with Gasteiger partial charge in [0.05, 0.1) is 6.61 Å². The van der Waals surface area contributed by atoms with E-state index in [0.717, 1.165) is 13.2 Å². The molecule has 0 aromatic rings. The smallest absolute Gasteiger partial charge is 0.120 e. The Morgan fingerprint density at radius 3 is 2.39 bits per heavy atom. The molecule has 0 radical (unpaired) electrons. The van der Waals surface area contributed by atoms with Gasteiger partial charge in [0.15, 0.2) is 0 Å². The summed E-state index contributed by atoms with van der Waals surface area (Å²) in [5, 5.41) is 3.64. The molecule has 2 heterocycles. The van der Waals surface area contributed by atoms with E-state index >= 15 is 0 Å². The molecule has 108 valence electrons. The van der Waals surface area contributed by atoms with Gasteiger partial charge in [0, 0.05) is 30.5 Å². The largest absolute Gasteiger partial charge is 0.360 e. The molecule has 2 atom stereocenters. The van der Waals surface area contributed by atoms with Crippen LogP contribution < -0.4 is 5.32 Å². The maximum Gasteiger partial charge on any atom is 0.120 e. The second-order valence-corrected chi connectivity index (χ2v) is 6.99. The van der Waals surface area contributed by atoms with Crippen LogP contribution in [0, 0.1) is 11.3 Å². The van der Waals surface area contributed by atoms with Crippen LogP contribution in [0.4, 0.5) is 0 Å². The number of nitrogens with zero attached hydrogens (tertiary/aromatic N) is 1. The van der Waals surface area contributed by atoms with Gasteiger partial charge in [-0.25, -0.2) is 0 Å². The van der Waals surface area contributed by atoms with E-state index in [2.05, 4.69) is 44.8 Å². The third-order valence-electron chi connectivity index (χ3n) is 4.41. The lowest BCUT2D eigenvalue weighted by Crippen LogP contribution is -2.60. The molecule has 2 saturated heterocycles. The summed E-state index contributed by atoms with van der Waals surface area (Å²) in [7, 11) is 0. The minimum absolute atomic E-state index is 0. The second kappa shape index (κ2) is 5.66. The molecule has 0 spiro atoms. The van der Waals surface area contributed by atoms with Crippen LogP contribution in [0.2, 0.25) is 0 Å². The number of hydrogen-bond donors (Lipinski definition) is 1. The molecule has 2 aliphatic heterocycles. The molecule has 1 N–H and O–H groups in total. The molecular weight excluding hydrogens is 248 g/mol. The highest BCUT2D eigenvalue weighted by Gasteiger charge is 2.44. The lowest BCUT2D eigenvalue weighted by molar-refractivity contribution is -0.154. The average Bonchev–Trinajstić information content (AvgIpc) is 2.73. The van der Waals surface area contributed by atoms with Gasteiger partial charge in [-0.1, -0.05) is 13.8 Å². The fourth-order valence-electron chi connectivity index (χ4n) is 2.83. The lowest BCUT2D eigenvalue weighted by atomic mass is 9.88. The van der Waals surface area contributed by atoms with E-state index in [1.165, 1.54) is 19.5 Å². The number of rotatable bonds is 2. The predicted molar refractivity (Wildman–Crippen MR) is 78.2 cm³/mol. The molecule has 0 bridgehead atoms. The number of hydrogen-bond acceptors (Lipinski definition) is 3. The van der Waals surface area contributed by atoms with Gasteiger partial charge in [-0.05, 0) is 33.7 Å². The Morgan fingerprint density at radius 1 is 1.28 bits per heavy atom. The monoisotopic (exact) mass is 276 g/mol. The summed E-state index contributed by atoms with van der Waals surface area (Å²) in [4.78, 5) is 2.56. The van der Waals surface area contributed by atoms with E-state index in [1.54, 1.807) is 0 Å². The van der Waals surface area contributed by atoms with Crippen molar-refractivity contribution in [2.45, 2.75) is 52.8 Å². The first-order valence-corrected chi connectivity index (χ1v) is 6.95.